The van der Waals surface area contributed by atoms with E-state index in [-0.39, 0.29) is 0 Å². The fourth-order valence-corrected chi connectivity index (χ4v) is 0.984. The normalized spacial score (nSPS) is 10.1. The highest BCUT2D eigenvalue weighted by Crippen LogP contribution is 2.07. The van der Waals surface area contributed by atoms with Crippen molar-refractivity contribution in [1.29, 1.82) is 0 Å². The maximum atomic E-state index is 12.5. The summed E-state index contributed by atoms with van der Waals surface area (Å²) >= 11 is 0. The molecule has 0 N–H and O–H groups in total. The van der Waals surface area contributed by atoms with E-state index in [0.29, 0.717) is 11.6 Å². The zero-order chi connectivity index (χ0) is 9.97. The third-order valence-corrected chi connectivity index (χ3v) is 1.62. The summed E-state index contributed by atoms with van der Waals surface area (Å²) in [6, 6.07) is 1.77. The summed E-state index contributed by atoms with van der Waals surface area (Å²) in [6.45, 7) is 1.84. The monoisotopic (exact) mass is 190 g/mol. The quantitative estimate of drug-likeness (QED) is 0.681. The standard InChI is InChI=1S/C9H7FN4/c1-6-2-3-11-9(14-6)8-12-4-7(10)5-13-8/h2-5H,1H3. The van der Waals surface area contributed by atoms with Crippen molar-refractivity contribution < 1.29 is 4.39 Å². The van der Waals surface area contributed by atoms with Crippen molar-refractivity contribution >= 4 is 0 Å². The van der Waals surface area contributed by atoms with Crippen LogP contribution < -0.4 is 0 Å². The minimum Gasteiger partial charge on any atom is -0.234 e. The molecule has 0 atom stereocenters. The predicted molar refractivity (Wildman–Crippen MR) is 47.8 cm³/mol. The van der Waals surface area contributed by atoms with Gasteiger partial charge >= 0.3 is 0 Å². The molecule has 0 saturated heterocycles. The smallest absolute Gasteiger partial charge is 0.197 e. The van der Waals surface area contributed by atoms with Gasteiger partial charge in [0.05, 0.1) is 12.4 Å². The number of aromatic nitrogens is 4. The lowest BCUT2D eigenvalue weighted by atomic mass is 10.4. The number of hydrogen-bond donors (Lipinski definition) is 0. The molecule has 2 heterocycles. The van der Waals surface area contributed by atoms with Crippen molar-refractivity contribution in [3.63, 3.8) is 0 Å². The molecule has 0 unspecified atom stereocenters. The van der Waals surface area contributed by atoms with Crippen molar-refractivity contribution in [2.45, 2.75) is 6.92 Å². The molecule has 0 aliphatic heterocycles. The molecule has 14 heavy (non-hydrogen) atoms. The lowest BCUT2D eigenvalue weighted by molar-refractivity contribution is 0.614. The topological polar surface area (TPSA) is 51.6 Å². The number of aryl methyl sites for hydroxylation is 1. The van der Waals surface area contributed by atoms with E-state index in [2.05, 4.69) is 19.9 Å². The third kappa shape index (κ3) is 1.71. The average molecular weight is 190 g/mol. The van der Waals surface area contributed by atoms with Crippen LogP contribution in [0.3, 0.4) is 0 Å². The summed E-state index contributed by atoms with van der Waals surface area (Å²) in [7, 11) is 0. The van der Waals surface area contributed by atoms with E-state index >= 15 is 0 Å². The summed E-state index contributed by atoms with van der Waals surface area (Å²) in [5.74, 6) is 0.265. The number of nitrogens with zero attached hydrogens (tertiary/aromatic N) is 4. The Bertz CT molecular complexity index is 441. The van der Waals surface area contributed by atoms with Crippen molar-refractivity contribution in [2.75, 3.05) is 0 Å². The first-order valence-corrected chi connectivity index (χ1v) is 4.03. The van der Waals surface area contributed by atoms with E-state index in [1.54, 1.807) is 12.3 Å². The summed E-state index contributed by atoms with van der Waals surface area (Å²) in [6.07, 6.45) is 3.80. The molecule has 4 nitrogen and oxygen atoms in total. The van der Waals surface area contributed by atoms with Crippen LogP contribution >= 0.6 is 0 Å². The van der Waals surface area contributed by atoms with Gasteiger partial charge in [-0.05, 0) is 13.0 Å². The Hall–Kier alpha value is -1.91. The fraction of sp³-hybridized carbons (Fsp3) is 0.111. The Morgan fingerprint density at radius 1 is 1.07 bits per heavy atom. The Balaban J connectivity index is 2.44. The Morgan fingerprint density at radius 2 is 1.79 bits per heavy atom. The van der Waals surface area contributed by atoms with Gasteiger partial charge in [0.15, 0.2) is 17.5 Å². The van der Waals surface area contributed by atoms with Crippen LogP contribution in [0.5, 0.6) is 0 Å². The van der Waals surface area contributed by atoms with Crippen LogP contribution in [0.4, 0.5) is 4.39 Å². The van der Waals surface area contributed by atoms with Gasteiger partial charge in [0, 0.05) is 11.9 Å². The van der Waals surface area contributed by atoms with Gasteiger partial charge in [-0.25, -0.2) is 24.3 Å². The highest BCUT2D eigenvalue weighted by molar-refractivity contribution is 5.41. The van der Waals surface area contributed by atoms with Crippen molar-refractivity contribution in [3.05, 3.63) is 36.2 Å². The predicted octanol–water partition coefficient (Wildman–Crippen LogP) is 1.38. The molecule has 0 bridgehead atoms. The van der Waals surface area contributed by atoms with E-state index in [4.69, 9.17) is 0 Å². The fourth-order valence-electron chi connectivity index (χ4n) is 0.984. The van der Waals surface area contributed by atoms with Crippen LogP contribution in [0, 0.1) is 12.7 Å². The Labute approximate surface area is 79.9 Å². The second kappa shape index (κ2) is 3.45. The Morgan fingerprint density at radius 3 is 2.43 bits per heavy atom. The minimum absolute atomic E-state index is 0.329. The van der Waals surface area contributed by atoms with Crippen LogP contribution in [0.2, 0.25) is 0 Å². The first-order valence-electron chi connectivity index (χ1n) is 4.03. The molecule has 0 aliphatic carbocycles. The van der Waals surface area contributed by atoms with Crippen molar-refractivity contribution in [3.8, 4) is 11.6 Å². The van der Waals surface area contributed by atoms with E-state index in [1.807, 2.05) is 6.92 Å². The maximum absolute atomic E-state index is 12.5. The lowest BCUT2D eigenvalue weighted by Gasteiger charge is -1.97. The van der Waals surface area contributed by atoms with Gasteiger partial charge in [0.1, 0.15) is 0 Å². The lowest BCUT2D eigenvalue weighted by Crippen LogP contribution is -1.96. The van der Waals surface area contributed by atoms with E-state index in [0.717, 1.165) is 18.1 Å². The SMILES string of the molecule is Cc1ccnc(-c2ncc(F)cn2)n1. The second-order valence-electron chi connectivity index (χ2n) is 2.75. The molecular weight excluding hydrogens is 183 g/mol. The third-order valence-electron chi connectivity index (χ3n) is 1.62. The highest BCUT2D eigenvalue weighted by Gasteiger charge is 2.03. The number of hydrogen-bond acceptors (Lipinski definition) is 4. The summed E-state index contributed by atoms with van der Waals surface area (Å²) in [5.41, 5.74) is 0.822. The van der Waals surface area contributed by atoms with Crippen molar-refractivity contribution in [1.82, 2.24) is 19.9 Å². The molecule has 5 heteroatoms. The van der Waals surface area contributed by atoms with E-state index in [9.17, 15) is 4.39 Å². The van der Waals surface area contributed by atoms with Crippen molar-refractivity contribution in [2.24, 2.45) is 0 Å². The number of rotatable bonds is 1. The molecule has 70 valence electrons. The van der Waals surface area contributed by atoms with Gasteiger partial charge in [0.25, 0.3) is 0 Å². The van der Waals surface area contributed by atoms with E-state index in [1.165, 1.54) is 0 Å². The highest BCUT2D eigenvalue weighted by atomic mass is 19.1. The summed E-state index contributed by atoms with van der Waals surface area (Å²) in [4.78, 5) is 15.7. The molecule has 2 rings (SSSR count). The van der Waals surface area contributed by atoms with Gasteiger partial charge < -0.3 is 0 Å². The molecule has 0 aromatic carbocycles. The van der Waals surface area contributed by atoms with Crippen LogP contribution in [0.1, 0.15) is 5.69 Å². The largest absolute Gasteiger partial charge is 0.234 e. The van der Waals surface area contributed by atoms with Crippen LogP contribution in [-0.2, 0) is 0 Å². The maximum Gasteiger partial charge on any atom is 0.197 e. The zero-order valence-corrected chi connectivity index (χ0v) is 7.48. The van der Waals surface area contributed by atoms with Gasteiger partial charge in [-0.1, -0.05) is 0 Å². The molecule has 0 spiro atoms. The van der Waals surface area contributed by atoms with Crippen LogP contribution in [0.15, 0.2) is 24.7 Å². The molecular formula is C9H7FN4. The van der Waals surface area contributed by atoms with Crippen LogP contribution in [0.25, 0.3) is 11.6 Å². The zero-order valence-electron chi connectivity index (χ0n) is 7.48. The van der Waals surface area contributed by atoms with Gasteiger partial charge in [-0.2, -0.15) is 0 Å². The molecule has 0 amide bonds. The molecule has 0 radical (unpaired) electrons. The first kappa shape index (κ1) is 8.68. The first-order chi connectivity index (χ1) is 6.75. The molecule has 2 aromatic rings. The summed E-state index contributed by atoms with van der Waals surface area (Å²) < 4.78 is 12.5. The second-order valence-corrected chi connectivity index (χ2v) is 2.75. The average Bonchev–Trinajstić information content (AvgIpc) is 2.19. The summed E-state index contributed by atoms with van der Waals surface area (Å²) in [5, 5.41) is 0. The van der Waals surface area contributed by atoms with Gasteiger partial charge in [-0.15, -0.1) is 0 Å². The molecule has 0 fully saturated rings. The Kier molecular flexibility index (Phi) is 2.14. The van der Waals surface area contributed by atoms with Crippen LogP contribution in [-0.4, -0.2) is 19.9 Å². The molecule has 0 saturated carbocycles. The van der Waals surface area contributed by atoms with Gasteiger partial charge in [-0.3, -0.25) is 0 Å². The number of halogens is 1. The van der Waals surface area contributed by atoms with E-state index < -0.39 is 5.82 Å². The molecule has 2 aromatic heterocycles. The van der Waals surface area contributed by atoms with Gasteiger partial charge in [0.2, 0.25) is 0 Å². The minimum atomic E-state index is -0.471. The molecule has 0 aliphatic rings.